The second-order valence-corrected chi connectivity index (χ2v) is 5.32. The number of carboxylic acids is 1. The average molecular weight is 331 g/mol. The lowest BCUT2D eigenvalue weighted by molar-refractivity contribution is -0.141. The Bertz CT molecular complexity index is 732. The van der Waals surface area contributed by atoms with Crippen LogP contribution in [-0.2, 0) is 22.4 Å². The molecule has 0 saturated carbocycles. The van der Waals surface area contributed by atoms with Crippen LogP contribution in [0.1, 0.15) is 11.1 Å². The molecule has 1 amide bonds. The average Bonchev–Trinajstić information content (AvgIpc) is 2.54. The molecule has 0 fully saturated rings. The third kappa shape index (κ3) is 5.08. The van der Waals surface area contributed by atoms with E-state index in [-0.39, 0.29) is 12.8 Å². The van der Waals surface area contributed by atoms with E-state index < -0.39 is 23.7 Å². The normalized spacial score (nSPS) is 11.6. The van der Waals surface area contributed by atoms with Crippen molar-refractivity contribution in [1.82, 2.24) is 5.32 Å². The van der Waals surface area contributed by atoms with Gasteiger partial charge in [-0.3, -0.25) is 4.79 Å². The molecule has 2 aromatic rings. The van der Waals surface area contributed by atoms with Crippen molar-refractivity contribution in [3.05, 3.63) is 65.5 Å². The van der Waals surface area contributed by atoms with Gasteiger partial charge in [0.05, 0.1) is 13.5 Å². The van der Waals surface area contributed by atoms with Crippen LogP contribution in [0, 0.1) is 5.82 Å². The van der Waals surface area contributed by atoms with E-state index in [9.17, 15) is 19.1 Å². The van der Waals surface area contributed by atoms with Gasteiger partial charge in [-0.05, 0) is 35.4 Å². The number of amides is 1. The minimum Gasteiger partial charge on any atom is -0.497 e. The highest BCUT2D eigenvalue weighted by Gasteiger charge is 2.20. The fourth-order valence-corrected chi connectivity index (χ4v) is 2.31. The summed E-state index contributed by atoms with van der Waals surface area (Å²) in [7, 11) is 1.52. The van der Waals surface area contributed by atoms with E-state index >= 15 is 0 Å². The molecule has 24 heavy (non-hydrogen) atoms. The number of methoxy groups -OCH3 is 1. The minimum absolute atomic E-state index is 0.0837. The van der Waals surface area contributed by atoms with E-state index in [1.807, 2.05) is 0 Å². The molecule has 0 saturated heterocycles. The maximum absolute atomic E-state index is 13.1. The Balaban J connectivity index is 2.02. The molecule has 0 aliphatic carbocycles. The number of ether oxygens (including phenoxy) is 1. The van der Waals surface area contributed by atoms with Gasteiger partial charge in [0.2, 0.25) is 5.91 Å². The van der Waals surface area contributed by atoms with Gasteiger partial charge in [-0.15, -0.1) is 0 Å². The summed E-state index contributed by atoms with van der Waals surface area (Å²) < 4.78 is 18.2. The molecular weight excluding hydrogens is 313 g/mol. The molecule has 2 N–H and O–H groups in total. The summed E-state index contributed by atoms with van der Waals surface area (Å²) in [5.74, 6) is -1.43. The van der Waals surface area contributed by atoms with Crippen LogP contribution in [0.5, 0.6) is 5.75 Å². The monoisotopic (exact) mass is 331 g/mol. The van der Waals surface area contributed by atoms with Gasteiger partial charge in [0, 0.05) is 6.42 Å². The maximum atomic E-state index is 13.1. The standard InChI is InChI=1S/C18H18FNO4/c1-24-15-7-3-5-13(9-15)10-16(18(22)23)20-17(21)11-12-4-2-6-14(19)8-12/h2-9,16H,10-11H2,1H3,(H,20,21)(H,22,23)/t16-/m0/s1. The molecule has 6 heteroatoms. The summed E-state index contributed by atoms with van der Waals surface area (Å²) in [6, 6.07) is 11.6. The number of aliphatic carboxylic acids is 1. The maximum Gasteiger partial charge on any atom is 0.326 e. The fourth-order valence-electron chi connectivity index (χ4n) is 2.31. The summed E-state index contributed by atoms with van der Waals surface area (Å²) in [6.07, 6.45) is 0.0427. The molecule has 0 aromatic heterocycles. The van der Waals surface area contributed by atoms with Gasteiger partial charge in [-0.2, -0.15) is 0 Å². The van der Waals surface area contributed by atoms with E-state index in [2.05, 4.69) is 5.32 Å². The number of benzene rings is 2. The van der Waals surface area contributed by atoms with Crippen LogP contribution < -0.4 is 10.1 Å². The second kappa shape index (κ2) is 8.10. The zero-order valence-corrected chi connectivity index (χ0v) is 13.2. The number of carboxylic acid groups (broad SMARTS) is 1. The van der Waals surface area contributed by atoms with E-state index in [4.69, 9.17) is 4.74 Å². The van der Waals surface area contributed by atoms with Crippen LogP contribution in [0.2, 0.25) is 0 Å². The number of carbonyl (C=O) groups is 2. The van der Waals surface area contributed by atoms with Gasteiger partial charge in [-0.1, -0.05) is 24.3 Å². The molecule has 0 bridgehead atoms. The Labute approximate surface area is 139 Å². The number of hydrogen-bond acceptors (Lipinski definition) is 3. The molecule has 2 rings (SSSR count). The largest absolute Gasteiger partial charge is 0.497 e. The molecule has 0 spiro atoms. The summed E-state index contributed by atoms with van der Waals surface area (Å²) in [5, 5.41) is 11.8. The number of carbonyl (C=O) groups excluding carboxylic acids is 1. The molecule has 5 nitrogen and oxygen atoms in total. The topological polar surface area (TPSA) is 75.6 Å². The highest BCUT2D eigenvalue weighted by molar-refractivity contribution is 5.85. The predicted octanol–water partition coefficient (Wildman–Crippen LogP) is 2.19. The second-order valence-electron chi connectivity index (χ2n) is 5.32. The third-order valence-electron chi connectivity index (χ3n) is 3.46. The highest BCUT2D eigenvalue weighted by atomic mass is 19.1. The number of halogens is 1. The van der Waals surface area contributed by atoms with Gasteiger partial charge in [-0.25, -0.2) is 9.18 Å². The molecule has 0 heterocycles. The Hall–Kier alpha value is -2.89. The molecule has 0 aliphatic rings. The lowest BCUT2D eigenvalue weighted by Gasteiger charge is -2.15. The summed E-state index contributed by atoms with van der Waals surface area (Å²) in [4.78, 5) is 23.4. The number of hydrogen-bond donors (Lipinski definition) is 2. The van der Waals surface area contributed by atoms with Crippen molar-refractivity contribution in [3.63, 3.8) is 0 Å². The van der Waals surface area contributed by atoms with Crippen LogP contribution in [0.25, 0.3) is 0 Å². The van der Waals surface area contributed by atoms with E-state index in [1.54, 1.807) is 30.3 Å². The van der Waals surface area contributed by atoms with Crippen molar-refractivity contribution in [2.75, 3.05) is 7.11 Å². The van der Waals surface area contributed by atoms with E-state index in [0.717, 1.165) is 5.56 Å². The molecule has 2 aromatic carbocycles. The highest BCUT2D eigenvalue weighted by Crippen LogP contribution is 2.14. The molecule has 0 aliphatic heterocycles. The Morgan fingerprint density at radius 3 is 2.54 bits per heavy atom. The summed E-state index contributed by atoms with van der Waals surface area (Å²) in [5.41, 5.74) is 1.21. The smallest absolute Gasteiger partial charge is 0.326 e. The lowest BCUT2D eigenvalue weighted by atomic mass is 10.0. The minimum atomic E-state index is -1.13. The SMILES string of the molecule is COc1cccc(C[C@H](NC(=O)Cc2cccc(F)c2)C(=O)O)c1. The molecule has 0 radical (unpaired) electrons. The van der Waals surface area contributed by atoms with Crippen LogP contribution in [-0.4, -0.2) is 30.1 Å². The van der Waals surface area contributed by atoms with Crippen molar-refractivity contribution in [3.8, 4) is 5.75 Å². The number of rotatable bonds is 7. The van der Waals surface area contributed by atoms with Gasteiger partial charge in [0.1, 0.15) is 17.6 Å². The summed E-state index contributed by atoms with van der Waals surface area (Å²) in [6.45, 7) is 0. The van der Waals surface area contributed by atoms with Crippen LogP contribution in [0.4, 0.5) is 4.39 Å². The Morgan fingerprint density at radius 2 is 1.88 bits per heavy atom. The zero-order valence-electron chi connectivity index (χ0n) is 13.2. The van der Waals surface area contributed by atoms with Crippen molar-refractivity contribution >= 4 is 11.9 Å². The van der Waals surface area contributed by atoms with Gasteiger partial charge in [0.25, 0.3) is 0 Å². The van der Waals surface area contributed by atoms with Crippen molar-refractivity contribution in [2.24, 2.45) is 0 Å². The van der Waals surface area contributed by atoms with Crippen LogP contribution >= 0.6 is 0 Å². The quantitative estimate of drug-likeness (QED) is 0.815. The first-order valence-electron chi connectivity index (χ1n) is 7.37. The first-order chi connectivity index (χ1) is 11.5. The van der Waals surface area contributed by atoms with Crippen LogP contribution in [0.3, 0.4) is 0 Å². The van der Waals surface area contributed by atoms with Gasteiger partial charge >= 0.3 is 5.97 Å². The van der Waals surface area contributed by atoms with Crippen molar-refractivity contribution in [2.45, 2.75) is 18.9 Å². The molecule has 0 unspecified atom stereocenters. The van der Waals surface area contributed by atoms with Gasteiger partial charge in [0.15, 0.2) is 0 Å². The first-order valence-corrected chi connectivity index (χ1v) is 7.37. The van der Waals surface area contributed by atoms with Crippen LogP contribution in [0.15, 0.2) is 48.5 Å². The zero-order chi connectivity index (χ0) is 17.5. The third-order valence-corrected chi connectivity index (χ3v) is 3.46. The molecular formula is C18H18FNO4. The summed E-state index contributed by atoms with van der Waals surface area (Å²) >= 11 is 0. The van der Waals surface area contributed by atoms with E-state index in [0.29, 0.717) is 11.3 Å². The van der Waals surface area contributed by atoms with Gasteiger partial charge < -0.3 is 15.2 Å². The lowest BCUT2D eigenvalue weighted by Crippen LogP contribution is -2.43. The Kier molecular flexibility index (Phi) is 5.89. The van der Waals surface area contributed by atoms with Crippen molar-refractivity contribution < 1.29 is 23.8 Å². The molecule has 126 valence electrons. The van der Waals surface area contributed by atoms with Crippen molar-refractivity contribution in [1.29, 1.82) is 0 Å². The Morgan fingerprint density at radius 1 is 1.17 bits per heavy atom. The predicted molar refractivity (Wildman–Crippen MR) is 86.4 cm³/mol. The molecule has 1 atom stereocenters. The first kappa shape index (κ1) is 17.5. The number of nitrogens with one attached hydrogen (secondary N) is 1. The van der Waals surface area contributed by atoms with E-state index in [1.165, 1.54) is 25.3 Å². The fraction of sp³-hybridized carbons (Fsp3) is 0.222.